The van der Waals surface area contributed by atoms with E-state index in [-0.39, 0.29) is 18.6 Å². The minimum Gasteiger partial charge on any atom is -0.496 e. The number of allylic oxidation sites excluding steroid dienone is 7. The number of benzene rings is 1. The molecule has 2 rings (SSSR count). The van der Waals surface area contributed by atoms with Crippen LogP contribution in [0, 0.1) is 6.92 Å². The summed E-state index contributed by atoms with van der Waals surface area (Å²) in [4.78, 5) is 1.36. The number of methoxy groups -OCH3 is 1. The van der Waals surface area contributed by atoms with E-state index in [1.54, 1.807) is 27.0 Å². The van der Waals surface area contributed by atoms with Gasteiger partial charge in [0.05, 0.1) is 18.5 Å². The lowest BCUT2D eigenvalue weighted by atomic mass is 10.0. The Morgan fingerprint density at radius 3 is 2.36 bits per heavy atom. The number of alkyl halides is 3. The summed E-state index contributed by atoms with van der Waals surface area (Å²) in [7, 11) is 1.59. The molecule has 1 heterocycles. The van der Waals surface area contributed by atoms with Gasteiger partial charge in [-0.15, -0.1) is 0 Å². The highest BCUT2D eigenvalue weighted by Crippen LogP contribution is 2.44. The maximum Gasteiger partial charge on any atom is 0.431 e. The second-order valence-corrected chi connectivity index (χ2v) is 8.75. The molecule has 1 aromatic rings. The zero-order valence-corrected chi connectivity index (χ0v) is 22.7. The molecular weight excluding hydrogens is 463 g/mol. The fourth-order valence-electron chi connectivity index (χ4n) is 4.00. The molecule has 36 heavy (non-hydrogen) atoms. The zero-order valence-electron chi connectivity index (χ0n) is 22.7. The summed E-state index contributed by atoms with van der Waals surface area (Å²) >= 11 is 0. The number of halogens is 3. The van der Waals surface area contributed by atoms with Gasteiger partial charge >= 0.3 is 6.18 Å². The molecule has 0 aliphatic carbocycles. The summed E-state index contributed by atoms with van der Waals surface area (Å²) in [6.07, 6.45) is 2.54. The number of hydrogen-bond acceptors (Lipinski definition) is 3. The van der Waals surface area contributed by atoms with Crippen LogP contribution in [-0.2, 0) is 9.47 Å². The van der Waals surface area contributed by atoms with E-state index in [1.807, 2.05) is 65.0 Å². The maximum atomic E-state index is 14.6. The van der Waals surface area contributed by atoms with Crippen LogP contribution in [0.2, 0.25) is 0 Å². The van der Waals surface area contributed by atoms with Crippen molar-refractivity contribution in [3.05, 3.63) is 87.2 Å². The topological polar surface area (TPSA) is 21.7 Å². The quantitative estimate of drug-likeness (QED) is 0.211. The zero-order chi connectivity index (χ0) is 27.0. The lowest BCUT2D eigenvalue weighted by molar-refractivity contribution is -0.0938. The lowest BCUT2D eigenvalue weighted by Crippen LogP contribution is -2.34. The molecule has 0 atom stereocenters. The summed E-state index contributed by atoms with van der Waals surface area (Å²) in [6, 6.07) is 5.44. The van der Waals surface area contributed by atoms with Crippen LogP contribution in [0.15, 0.2) is 76.0 Å². The van der Waals surface area contributed by atoms with Gasteiger partial charge in [0.2, 0.25) is 0 Å². The standard InChI is InChI=1S/C30H38F3NO2/c1-9-13-14-27(35-8)23(12-4)18-28-24-17-20(5)15-16-25(24)34(26(19-36-28)21(6)10-2)29(22(7)11-3)30(31,32)33/h9,13-17H,10-12,19H2,1-8H3/b13-9-,26-21+,27-14+,29-22+. The largest absolute Gasteiger partial charge is 0.496 e. The van der Waals surface area contributed by atoms with Crippen LogP contribution in [0.25, 0.3) is 5.76 Å². The second kappa shape index (κ2) is 12.7. The third kappa shape index (κ3) is 6.55. The SMILES string of the molecule is C/C=C\C=C(\OC)C(=C=C1OC/C(=C(/C)CC)N(/C(=C(\C)CC)C(F)(F)F)c2ccc(C)cc21)CC. The summed E-state index contributed by atoms with van der Waals surface area (Å²) in [6.45, 7) is 12.9. The van der Waals surface area contributed by atoms with Gasteiger partial charge < -0.3 is 14.4 Å². The van der Waals surface area contributed by atoms with Crippen molar-refractivity contribution < 1.29 is 22.6 Å². The van der Waals surface area contributed by atoms with Crippen molar-refractivity contribution in [3.63, 3.8) is 0 Å². The van der Waals surface area contributed by atoms with Gasteiger partial charge in [0, 0.05) is 11.1 Å². The molecule has 0 aromatic heterocycles. The highest BCUT2D eigenvalue weighted by molar-refractivity contribution is 5.79. The van der Waals surface area contributed by atoms with Gasteiger partial charge in [0.15, 0.2) is 5.76 Å². The number of rotatable bonds is 7. The number of ether oxygens (including phenoxy) is 2. The molecule has 6 heteroatoms. The van der Waals surface area contributed by atoms with Crippen molar-refractivity contribution in [3.8, 4) is 0 Å². The van der Waals surface area contributed by atoms with Crippen LogP contribution in [0.4, 0.5) is 18.9 Å². The van der Waals surface area contributed by atoms with Crippen LogP contribution in [-0.4, -0.2) is 19.9 Å². The molecule has 0 fully saturated rings. The molecule has 0 radical (unpaired) electrons. The third-order valence-electron chi connectivity index (χ3n) is 6.29. The van der Waals surface area contributed by atoms with E-state index >= 15 is 0 Å². The van der Waals surface area contributed by atoms with Crippen molar-refractivity contribution in [1.29, 1.82) is 0 Å². The highest BCUT2D eigenvalue weighted by atomic mass is 19.4. The molecular formula is C30H38F3NO2. The van der Waals surface area contributed by atoms with Crippen LogP contribution in [0.1, 0.15) is 71.9 Å². The Morgan fingerprint density at radius 2 is 1.83 bits per heavy atom. The Labute approximate surface area is 214 Å². The van der Waals surface area contributed by atoms with Crippen molar-refractivity contribution >= 4 is 11.4 Å². The number of nitrogens with zero attached hydrogens (tertiary/aromatic N) is 1. The fraction of sp³-hybridized carbons (Fsp3) is 0.433. The van der Waals surface area contributed by atoms with E-state index in [9.17, 15) is 13.2 Å². The summed E-state index contributed by atoms with van der Waals surface area (Å²) in [5, 5.41) is 0. The molecule has 1 aliphatic heterocycles. The Bertz CT molecular complexity index is 1140. The van der Waals surface area contributed by atoms with E-state index in [0.717, 1.165) is 16.7 Å². The number of anilines is 1. The third-order valence-corrected chi connectivity index (χ3v) is 6.29. The first-order valence-corrected chi connectivity index (χ1v) is 12.4. The van der Waals surface area contributed by atoms with Crippen LogP contribution < -0.4 is 4.90 Å². The van der Waals surface area contributed by atoms with E-state index in [0.29, 0.717) is 41.3 Å². The van der Waals surface area contributed by atoms with Crippen molar-refractivity contribution in [2.45, 2.75) is 73.9 Å². The summed E-state index contributed by atoms with van der Waals surface area (Å²) < 4.78 is 55.6. The van der Waals surface area contributed by atoms with E-state index in [1.165, 1.54) is 4.90 Å². The van der Waals surface area contributed by atoms with Gasteiger partial charge in [-0.3, -0.25) is 0 Å². The second-order valence-electron chi connectivity index (χ2n) is 8.75. The Hall–Kier alpha value is -3.11. The predicted octanol–water partition coefficient (Wildman–Crippen LogP) is 9.14. The van der Waals surface area contributed by atoms with Gasteiger partial charge in [0.1, 0.15) is 18.1 Å². The van der Waals surface area contributed by atoms with Crippen LogP contribution in [0.5, 0.6) is 0 Å². The minimum atomic E-state index is -4.54. The normalized spacial score (nSPS) is 16.7. The molecule has 0 spiro atoms. The van der Waals surface area contributed by atoms with Crippen LogP contribution in [0.3, 0.4) is 0 Å². The molecule has 0 unspecified atom stereocenters. The molecule has 196 valence electrons. The average Bonchev–Trinajstić information content (AvgIpc) is 2.99. The van der Waals surface area contributed by atoms with Crippen molar-refractivity contribution in [2.24, 2.45) is 0 Å². The van der Waals surface area contributed by atoms with Gasteiger partial charge in [-0.05, 0) is 70.7 Å². The predicted molar refractivity (Wildman–Crippen MR) is 142 cm³/mol. The van der Waals surface area contributed by atoms with E-state index in [4.69, 9.17) is 9.47 Å². The molecule has 0 saturated carbocycles. The van der Waals surface area contributed by atoms with Gasteiger partial charge in [-0.2, -0.15) is 13.2 Å². The maximum absolute atomic E-state index is 14.6. The first kappa shape index (κ1) is 29.1. The Kier molecular flexibility index (Phi) is 10.3. The summed E-state index contributed by atoms with van der Waals surface area (Å²) in [5.74, 6) is 1.02. The molecule has 0 bridgehead atoms. The first-order valence-electron chi connectivity index (χ1n) is 12.4. The average molecular weight is 502 g/mol. The Morgan fingerprint density at radius 1 is 1.14 bits per heavy atom. The first-order chi connectivity index (χ1) is 17.0. The van der Waals surface area contributed by atoms with Gasteiger partial charge in [-0.25, -0.2) is 0 Å². The highest BCUT2D eigenvalue weighted by Gasteiger charge is 2.43. The van der Waals surface area contributed by atoms with Crippen molar-refractivity contribution in [1.82, 2.24) is 0 Å². The molecule has 0 N–H and O–H groups in total. The number of aryl methyl sites for hydroxylation is 1. The molecule has 1 aliphatic rings. The van der Waals surface area contributed by atoms with Crippen molar-refractivity contribution in [2.75, 3.05) is 18.6 Å². The molecule has 1 aromatic carbocycles. The fourth-order valence-corrected chi connectivity index (χ4v) is 4.00. The lowest BCUT2D eigenvalue weighted by Gasteiger charge is -2.32. The van der Waals surface area contributed by atoms with E-state index in [2.05, 4.69) is 5.73 Å². The minimum absolute atomic E-state index is 0.00973. The number of fused-ring (bicyclic) bond motifs is 1. The Balaban J connectivity index is 3.05. The monoisotopic (exact) mass is 501 g/mol. The number of hydrogen-bond donors (Lipinski definition) is 0. The van der Waals surface area contributed by atoms with Crippen LogP contribution >= 0.6 is 0 Å². The molecule has 3 nitrogen and oxygen atoms in total. The van der Waals surface area contributed by atoms with Gasteiger partial charge in [-0.1, -0.05) is 55.9 Å². The molecule has 0 saturated heterocycles. The van der Waals surface area contributed by atoms with Gasteiger partial charge in [0.25, 0.3) is 0 Å². The van der Waals surface area contributed by atoms with E-state index < -0.39 is 11.9 Å². The molecule has 0 amide bonds. The summed E-state index contributed by atoms with van der Waals surface area (Å²) in [5.41, 5.74) is 6.94. The smallest absolute Gasteiger partial charge is 0.431 e.